The van der Waals surface area contributed by atoms with Crippen molar-refractivity contribution < 1.29 is 9.53 Å². The molecule has 1 unspecified atom stereocenters. The van der Waals surface area contributed by atoms with Crippen LogP contribution in [-0.4, -0.2) is 30.5 Å². The summed E-state index contributed by atoms with van der Waals surface area (Å²) in [5, 5.41) is 3.11. The normalized spacial score (nSPS) is 19.9. The molecule has 0 aromatic rings. The first-order valence-electron chi connectivity index (χ1n) is 6.04. The van der Waals surface area contributed by atoms with Gasteiger partial charge in [-0.05, 0) is 39.0 Å². The smallest absolute Gasteiger partial charge is 0.222 e. The molecule has 1 saturated carbocycles. The third kappa shape index (κ3) is 4.30. The second kappa shape index (κ2) is 6.45. The zero-order chi connectivity index (χ0) is 12.0. The molecule has 1 fully saturated rings. The number of carbonyl (C=O) groups is 1. The van der Waals surface area contributed by atoms with Crippen LogP contribution in [0.1, 0.15) is 45.4 Å². The van der Waals surface area contributed by atoms with E-state index in [2.05, 4.69) is 5.32 Å². The van der Waals surface area contributed by atoms with Crippen LogP contribution in [0.25, 0.3) is 0 Å². The van der Waals surface area contributed by atoms with Gasteiger partial charge in [-0.15, -0.1) is 11.6 Å². The maximum Gasteiger partial charge on any atom is 0.222 e. The average Bonchev–Trinajstić information content (AvgIpc) is 2.18. The van der Waals surface area contributed by atoms with Crippen molar-refractivity contribution in [2.24, 2.45) is 0 Å². The van der Waals surface area contributed by atoms with Crippen LogP contribution in [0.4, 0.5) is 0 Å². The lowest BCUT2D eigenvalue weighted by Crippen LogP contribution is -2.44. The number of carbonyl (C=O) groups excluding carboxylic acids is 1. The Bertz CT molecular complexity index is 222. The van der Waals surface area contributed by atoms with Gasteiger partial charge in [0.1, 0.15) is 0 Å². The van der Waals surface area contributed by atoms with Crippen LogP contribution in [-0.2, 0) is 9.53 Å². The fourth-order valence-electron chi connectivity index (χ4n) is 1.99. The molecule has 1 aliphatic carbocycles. The van der Waals surface area contributed by atoms with Gasteiger partial charge < -0.3 is 10.1 Å². The molecule has 0 spiro atoms. The summed E-state index contributed by atoms with van der Waals surface area (Å²) >= 11 is 5.82. The molecule has 94 valence electrons. The lowest BCUT2D eigenvalue weighted by Gasteiger charge is -2.39. The van der Waals surface area contributed by atoms with E-state index in [0.717, 1.165) is 32.2 Å². The Balaban J connectivity index is 2.11. The van der Waals surface area contributed by atoms with Gasteiger partial charge in [-0.2, -0.15) is 0 Å². The monoisotopic (exact) mass is 247 g/mol. The maximum atomic E-state index is 11.6. The minimum atomic E-state index is -0.163. The topological polar surface area (TPSA) is 38.3 Å². The predicted octanol–water partition coefficient (Wildman–Crippen LogP) is 2.47. The molecule has 1 amide bonds. The van der Waals surface area contributed by atoms with Gasteiger partial charge in [-0.3, -0.25) is 4.79 Å². The van der Waals surface area contributed by atoms with Gasteiger partial charge >= 0.3 is 0 Å². The molecule has 1 atom stereocenters. The van der Waals surface area contributed by atoms with E-state index in [9.17, 15) is 4.79 Å². The Hall–Kier alpha value is -0.280. The van der Waals surface area contributed by atoms with Crippen LogP contribution in [0.15, 0.2) is 0 Å². The third-order valence-electron chi connectivity index (χ3n) is 3.28. The fraction of sp³-hybridized carbons (Fsp3) is 0.917. The number of hydrogen-bond acceptors (Lipinski definition) is 2. The van der Waals surface area contributed by atoms with Crippen LogP contribution in [0, 0.1) is 0 Å². The average molecular weight is 248 g/mol. The highest BCUT2D eigenvalue weighted by molar-refractivity contribution is 6.20. The zero-order valence-electron chi connectivity index (χ0n) is 10.2. The second-order valence-electron chi connectivity index (χ2n) is 4.69. The van der Waals surface area contributed by atoms with Gasteiger partial charge in [0.15, 0.2) is 0 Å². The van der Waals surface area contributed by atoms with Crippen molar-refractivity contribution in [1.82, 2.24) is 5.32 Å². The van der Waals surface area contributed by atoms with Crippen molar-refractivity contribution in [3.8, 4) is 0 Å². The first kappa shape index (κ1) is 13.8. The first-order valence-corrected chi connectivity index (χ1v) is 6.47. The number of nitrogens with one attached hydrogen (secondary N) is 1. The summed E-state index contributed by atoms with van der Waals surface area (Å²) < 4.78 is 5.41. The largest absolute Gasteiger partial charge is 0.378 e. The molecule has 4 heteroatoms. The van der Waals surface area contributed by atoms with Gasteiger partial charge in [0.25, 0.3) is 0 Å². The molecule has 0 aromatic heterocycles. The van der Waals surface area contributed by atoms with Crippen LogP contribution in [0.3, 0.4) is 0 Å². The van der Waals surface area contributed by atoms with Gasteiger partial charge in [0, 0.05) is 19.0 Å². The number of hydrogen-bond donors (Lipinski definition) is 1. The van der Waals surface area contributed by atoms with Crippen molar-refractivity contribution in [1.29, 1.82) is 0 Å². The lowest BCUT2D eigenvalue weighted by atomic mass is 9.77. The number of alkyl halides is 1. The summed E-state index contributed by atoms with van der Waals surface area (Å²) in [4.78, 5) is 11.6. The highest BCUT2D eigenvalue weighted by atomic mass is 35.5. The molecular formula is C12H22ClNO2. The number of rotatable bonds is 7. The summed E-state index contributed by atoms with van der Waals surface area (Å²) in [6, 6.07) is 0. The number of amides is 1. The van der Waals surface area contributed by atoms with Crippen LogP contribution in [0.5, 0.6) is 0 Å². The van der Waals surface area contributed by atoms with E-state index in [1.54, 1.807) is 7.11 Å². The molecule has 0 bridgehead atoms. The first-order chi connectivity index (χ1) is 7.58. The van der Waals surface area contributed by atoms with Gasteiger partial charge in [-0.1, -0.05) is 0 Å². The quantitative estimate of drug-likeness (QED) is 0.555. The summed E-state index contributed by atoms with van der Waals surface area (Å²) in [5.41, 5.74) is -0.163. The fourth-order valence-corrected chi connectivity index (χ4v) is 2.14. The van der Waals surface area contributed by atoms with Gasteiger partial charge in [0.05, 0.1) is 12.0 Å². The molecule has 1 aliphatic rings. The van der Waals surface area contributed by atoms with Crippen molar-refractivity contribution >= 4 is 17.5 Å². The van der Waals surface area contributed by atoms with Gasteiger partial charge in [-0.25, -0.2) is 0 Å². The molecule has 0 aliphatic heterocycles. The van der Waals surface area contributed by atoms with E-state index < -0.39 is 0 Å². The van der Waals surface area contributed by atoms with E-state index in [4.69, 9.17) is 16.3 Å². The van der Waals surface area contributed by atoms with Gasteiger partial charge in [0.2, 0.25) is 5.91 Å². The van der Waals surface area contributed by atoms with Crippen molar-refractivity contribution in [3.05, 3.63) is 0 Å². The third-order valence-corrected chi connectivity index (χ3v) is 3.50. The van der Waals surface area contributed by atoms with Crippen LogP contribution in [0.2, 0.25) is 0 Å². The van der Waals surface area contributed by atoms with Crippen LogP contribution < -0.4 is 5.32 Å². The van der Waals surface area contributed by atoms with E-state index >= 15 is 0 Å². The van der Waals surface area contributed by atoms with Crippen molar-refractivity contribution in [2.75, 3.05) is 13.7 Å². The van der Waals surface area contributed by atoms with Crippen molar-refractivity contribution in [2.45, 2.75) is 56.4 Å². The Morgan fingerprint density at radius 3 is 2.69 bits per heavy atom. The Kier molecular flexibility index (Phi) is 5.56. The molecule has 0 radical (unpaired) electrons. The Morgan fingerprint density at radius 1 is 1.56 bits per heavy atom. The van der Waals surface area contributed by atoms with Crippen LogP contribution >= 0.6 is 11.6 Å². The van der Waals surface area contributed by atoms with Crippen molar-refractivity contribution in [3.63, 3.8) is 0 Å². The highest BCUT2D eigenvalue weighted by Crippen LogP contribution is 2.37. The molecule has 0 aromatic carbocycles. The zero-order valence-corrected chi connectivity index (χ0v) is 11.0. The molecule has 0 saturated heterocycles. The summed E-state index contributed by atoms with van der Waals surface area (Å²) in [5.74, 6) is 0.101. The molecule has 0 heterocycles. The molecule has 16 heavy (non-hydrogen) atoms. The summed E-state index contributed by atoms with van der Waals surface area (Å²) in [7, 11) is 1.70. The predicted molar refractivity (Wildman–Crippen MR) is 65.8 cm³/mol. The Labute approximate surface area is 103 Å². The van der Waals surface area contributed by atoms with E-state index in [-0.39, 0.29) is 16.9 Å². The molecule has 3 nitrogen and oxygen atoms in total. The van der Waals surface area contributed by atoms with E-state index in [1.807, 2.05) is 6.92 Å². The minimum absolute atomic E-state index is 0.101. The molecular weight excluding hydrogens is 226 g/mol. The Morgan fingerprint density at radius 2 is 2.25 bits per heavy atom. The minimum Gasteiger partial charge on any atom is -0.378 e. The maximum absolute atomic E-state index is 11.6. The highest BCUT2D eigenvalue weighted by Gasteiger charge is 2.38. The molecule has 1 rings (SSSR count). The summed E-state index contributed by atoms with van der Waals surface area (Å²) in [6.45, 7) is 2.69. The number of halogens is 1. The number of ether oxygens (including phenoxy) is 1. The van der Waals surface area contributed by atoms with E-state index in [0.29, 0.717) is 6.42 Å². The second-order valence-corrected chi connectivity index (χ2v) is 5.44. The van der Waals surface area contributed by atoms with E-state index in [1.165, 1.54) is 6.42 Å². The number of methoxy groups -OCH3 is 1. The molecule has 1 N–H and O–H groups in total. The SMILES string of the molecule is COC1(CC(=O)NCCCC(C)Cl)CCC1. The lowest BCUT2D eigenvalue weighted by molar-refractivity contribution is -0.134. The standard InChI is InChI=1S/C12H22ClNO2/c1-10(13)5-3-8-14-11(15)9-12(16-2)6-4-7-12/h10H,3-9H2,1-2H3,(H,14,15). The summed E-state index contributed by atoms with van der Waals surface area (Å²) in [6.07, 6.45) is 5.57.